The molecule has 1 fully saturated rings. The molecule has 1 unspecified atom stereocenters. The lowest BCUT2D eigenvalue weighted by Gasteiger charge is -2.16. The van der Waals surface area contributed by atoms with Crippen molar-refractivity contribution in [3.05, 3.63) is 11.6 Å². The molecule has 5 N–H and O–H groups in total. The maximum atomic E-state index is 9.99. The molecule has 0 saturated carbocycles. The maximum absolute atomic E-state index is 9.99. The number of imidazole rings is 1. The number of nitrogens with zero attached hydrogens (tertiary/aromatic N) is 4. The molecule has 108 valence electrons. The summed E-state index contributed by atoms with van der Waals surface area (Å²) >= 11 is 5.74. The fourth-order valence-corrected chi connectivity index (χ4v) is 2.38. The number of aromatic nitrogens is 4. The summed E-state index contributed by atoms with van der Waals surface area (Å²) in [4.78, 5) is 11.8. The van der Waals surface area contributed by atoms with Gasteiger partial charge in [-0.05, 0) is 11.6 Å². The molecule has 3 heterocycles. The van der Waals surface area contributed by atoms with E-state index in [1.54, 1.807) is 0 Å². The van der Waals surface area contributed by atoms with Crippen molar-refractivity contribution in [2.45, 2.75) is 24.5 Å². The van der Waals surface area contributed by atoms with E-state index in [9.17, 15) is 10.2 Å². The summed E-state index contributed by atoms with van der Waals surface area (Å²) in [6, 6.07) is 0. The van der Waals surface area contributed by atoms with Gasteiger partial charge in [-0.1, -0.05) is 0 Å². The van der Waals surface area contributed by atoms with Crippen molar-refractivity contribution < 1.29 is 20.1 Å². The summed E-state index contributed by atoms with van der Waals surface area (Å²) in [6.45, 7) is -0.417. The van der Waals surface area contributed by atoms with E-state index in [1.807, 2.05) is 0 Å². The Morgan fingerprint density at radius 2 is 2.10 bits per heavy atom. The molecule has 1 aliphatic heterocycles. The summed E-state index contributed by atoms with van der Waals surface area (Å²) in [5.41, 5.74) is 6.27. The van der Waals surface area contributed by atoms with Crippen molar-refractivity contribution in [2.24, 2.45) is 0 Å². The second-order valence-corrected chi connectivity index (χ2v) is 4.77. The van der Waals surface area contributed by atoms with E-state index in [-0.39, 0.29) is 16.7 Å². The zero-order valence-corrected chi connectivity index (χ0v) is 10.8. The van der Waals surface area contributed by atoms with Gasteiger partial charge in [-0.2, -0.15) is 9.97 Å². The molecule has 0 aliphatic carbocycles. The molecule has 20 heavy (non-hydrogen) atoms. The first-order chi connectivity index (χ1) is 9.52. The van der Waals surface area contributed by atoms with E-state index >= 15 is 0 Å². The predicted molar refractivity (Wildman–Crippen MR) is 67.8 cm³/mol. The first-order valence-electron chi connectivity index (χ1n) is 5.81. The SMILES string of the molecule is Nc1nc(Cl)nc2c1ncn2C1O[C@H](CO)[C@@H](O)[C@@H]1O. The molecule has 10 heteroatoms. The molecule has 0 spiro atoms. The minimum Gasteiger partial charge on any atom is -0.394 e. The third-order valence-electron chi connectivity index (χ3n) is 3.21. The molecule has 2 aromatic rings. The Labute approximate surface area is 117 Å². The summed E-state index contributed by atoms with van der Waals surface area (Å²) < 4.78 is 6.79. The number of aliphatic hydroxyl groups excluding tert-OH is 3. The Balaban J connectivity index is 2.07. The number of nitrogen functional groups attached to an aromatic ring is 1. The van der Waals surface area contributed by atoms with Gasteiger partial charge in [-0.3, -0.25) is 4.57 Å². The largest absolute Gasteiger partial charge is 0.394 e. The van der Waals surface area contributed by atoms with Crippen LogP contribution in [0.3, 0.4) is 0 Å². The van der Waals surface area contributed by atoms with E-state index in [4.69, 9.17) is 27.2 Å². The Morgan fingerprint density at radius 3 is 2.75 bits per heavy atom. The van der Waals surface area contributed by atoms with E-state index in [0.717, 1.165) is 0 Å². The molecular weight excluding hydrogens is 290 g/mol. The van der Waals surface area contributed by atoms with E-state index < -0.39 is 31.1 Å². The number of rotatable bonds is 2. The highest BCUT2D eigenvalue weighted by Crippen LogP contribution is 2.32. The third kappa shape index (κ3) is 1.91. The Hall–Kier alpha value is -1.52. The van der Waals surface area contributed by atoms with Crippen LogP contribution in [0.5, 0.6) is 0 Å². The summed E-state index contributed by atoms with van der Waals surface area (Å²) in [6.07, 6.45) is -2.93. The van der Waals surface area contributed by atoms with Gasteiger partial charge in [0.05, 0.1) is 12.9 Å². The van der Waals surface area contributed by atoms with Crippen LogP contribution in [0.1, 0.15) is 6.23 Å². The average molecular weight is 302 g/mol. The van der Waals surface area contributed by atoms with Crippen LogP contribution in [0.2, 0.25) is 5.28 Å². The van der Waals surface area contributed by atoms with Crippen LogP contribution in [0.15, 0.2) is 6.33 Å². The number of aliphatic hydroxyl groups is 3. The van der Waals surface area contributed by atoms with Gasteiger partial charge < -0.3 is 25.8 Å². The van der Waals surface area contributed by atoms with Gasteiger partial charge in [-0.25, -0.2) is 4.98 Å². The van der Waals surface area contributed by atoms with Crippen LogP contribution >= 0.6 is 11.6 Å². The number of ether oxygens (including phenoxy) is 1. The quantitative estimate of drug-likeness (QED) is 0.500. The molecule has 0 aromatic carbocycles. The van der Waals surface area contributed by atoms with Crippen LogP contribution in [-0.4, -0.2) is 59.8 Å². The number of hydrogen-bond acceptors (Lipinski definition) is 8. The second-order valence-electron chi connectivity index (χ2n) is 4.43. The highest BCUT2D eigenvalue weighted by Gasteiger charge is 2.44. The minimum absolute atomic E-state index is 0.0662. The monoisotopic (exact) mass is 301 g/mol. The van der Waals surface area contributed by atoms with Crippen molar-refractivity contribution >= 4 is 28.6 Å². The summed E-state index contributed by atoms with van der Waals surface area (Å²) in [5, 5.41) is 28.8. The van der Waals surface area contributed by atoms with Crippen LogP contribution in [0, 0.1) is 0 Å². The van der Waals surface area contributed by atoms with Crippen molar-refractivity contribution in [3.8, 4) is 0 Å². The third-order valence-corrected chi connectivity index (χ3v) is 3.38. The zero-order chi connectivity index (χ0) is 14.4. The molecule has 0 bridgehead atoms. The molecule has 1 saturated heterocycles. The van der Waals surface area contributed by atoms with Gasteiger partial charge in [0.2, 0.25) is 5.28 Å². The van der Waals surface area contributed by atoms with E-state index in [1.165, 1.54) is 10.9 Å². The van der Waals surface area contributed by atoms with Gasteiger partial charge in [0.15, 0.2) is 17.7 Å². The summed E-state index contributed by atoms with van der Waals surface area (Å²) in [7, 11) is 0. The van der Waals surface area contributed by atoms with Gasteiger partial charge >= 0.3 is 0 Å². The molecule has 0 radical (unpaired) electrons. The molecular formula is C10H12ClN5O4. The average Bonchev–Trinajstić information content (AvgIpc) is 2.93. The van der Waals surface area contributed by atoms with Crippen molar-refractivity contribution in [1.82, 2.24) is 19.5 Å². The smallest absolute Gasteiger partial charge is 0.226 e. The Bertz CT molecular complexity index is 650. The summed E-state index contributed by atoms with van der Waals surface area (Å²) in [5.74, 6) is 0.102. The molecule has 1 aliphatic rings. The molecule has 9 nitrogen and oxygen atoms in total. The molecule has 3 rings (SSSR count). The van der Waals surface area contributed by atoms with Crippen molar-refractivity contribution in [1.29, 1.82) is 0 Å². The normalized spacial score (nSPS) is 30.2. The van der Waals surface area contributed by atoms with Gasteiger partial charge in [-0.15, -0.1) is 0 Å². The van der Waals surface area contributed by atoms with E-state index in [2.05, 4.69) is 15.0 Å². The van der Waals surface area contributed by atoms with Crippen LogP contribution in [0.25, 0.3) is 11.2 Å². The number of halogens is 1. The Kier molecular flexibility index (Phi) is 3.22. The lowest BCUT2D eigenvalue weighted by atomic mass is 10.1. The second kappa shape index (κ2) is 4.79. The minimum atomic E-state index is -1.24. The van der Waals surface area contributed by atoms with E-state index in [0.29, 0.717) is 5.52 Å². The van der Waals surface area contributed by atoms with Gasteiger partial charge in [0.25, 0.3) is 0 Å². The van der Waals surface area contributed by atoms with Crippen LogP contribution < -0.4 is 5.73 Å². The first-order valence-corrected chi connectivity index (χ1v) is 6.18. The molecule has 4 atom stereocenters. The maximum Gasteiger partial charge on any atom is 0.226 e. The van der Waals surface area contributed by atoms with Crippen molar-refractivity contribution in [3.63, 3.8) is 0 Å². The van der Waals surface area contributed by atoms with Gasteiger partial charge in [0.1, 0.15) is 23.8 Å². The molecule has 2 aromatic heterocycles. The van der Waals surface area contributed by atoms with Crippen molar-refractivity contribution in [2.75, 3.05) is 12.3 Å². The van der Waals surface area contributed by atoms with Gasteiger partial charge in [0, 0.05) is 0 Å². The number of fused-ring (bicyclic) bond motifs is 1. The molecule has 0 amide bonds. The topological polar surface area (TPSA) is 140 Å². The Morgan fingerprint density at radius 1 is 1.35 bits per heavy atom. The number of nitrogens with two attached hydrogens (primary N) is 1. The standard InChI is InChI=1S/C10H12ClN5O4/c11-10-14-7(12)4-8(15-10)16(2-13-4)9-6(19)5(18)3(1-17)20-9/h2-3,5-6,9,17-19H,1H2,(H2,12,14,15)/t3-,5-,6+,9?/m1/s1. The number of anilines is 1. The van der Waals surface area contributed by atoms with Crippen LogP contribution in [0.4, 0.5) is 5.82 Å². The first kappa shape index (κ1) is 13.5. The highest BCUT2D eigenvalue weighted by atomic mass is 35.5. The van der Waals surface area contributed by atoms with Crippen LogP contribution in [-0.2, 0) is 4.74 Å². The lowest BCUT2D eigenvalue weighted by Crippen LogP contribution is -2.33. The number of hydrogen-bond donors (Lipinski definition) is 4. The highest BCUT2D eigenvalue weighted by molar-refractivity contribution is 6.28. The zero-order valence-electron chi connectivity index (χ0n) is 10.1. The lowest BCUT2D eigenvalue weighted by molar-refractivity contribution is -0.0511. The predicted octanol–water partition coefficient (Wildman–Crippen LogP) is -1.33. The fourth-order valence-electron chi connectivity index (χ4n) is 2.21. The fraction of sp³-hybridized carbons (Fsp3) is 0.500.